The molecule has 1 heterocycles. The number of likely N-dealkylation sites (N-methyl/N-ethyl adjacent to an activating group) is 1. The molecule has 1 atom stereocenters. The highest BCUT2D eigenvalue weighted by Gasteiger charge is 2.32. The van der Waals surface area contributed by atoms with Crippen LogP contribution in [-0.4, -0.2) is 30.3 Å². The Morgan fingerprint density at radius 3 is 2.60 bits per heavy atom. The number of carbonyl (C=O) groups is 1. The first-order valence-electron chi connectivity index (χ1n) is 5.22. The number of nitrogens with zero attached hydrogens (tertiary/aromatic N) is 1. The number of rotatable bonds is 5. The van der Waals surface area contributed by atoms with Crippen LogP contribution in [-0.2, 0) is 11.2 Å². The monoisotopic (exact) mass is 209 g/mol. The van der Waals surface area contributed by atoms with Gasteiger partial charge in [0.1, 0.15) is 0 Å². The molecule has 1 rings (SSSR count). The lowest BCUT2D eigenvalue weighted by atomic mass is 9.88. The molecule has 0 aliphatic carbocycles. The van der Waals surface area contributed by atoms with E-state index in [4.69, 9.17) is 4.42 Å². The summed E-state index contributed by atoms with van der Waals surface area (Å²) in [6.45, 7) is 4.02. The van der Waals surface area contributed by atoms with Crippen LogP contribution in [0.15, 0.2) is 23.0 Å². The second-order valence-electron chi connectivity index (χ2n) is 4.25. The zero-order valence-corrected chi connectivity index (χ0v) is 9.91. The number of carbonyl (C=O) groups excluding carboxylic acids is 1. The maximum absolute atomic E-state index is 12.1. The molecule has 1 aromatic heterocycles. The van der Waals surface area contributed by atoms with E-state index in [-0.39, 0.29) is 11.3 Å². The van der Waals surface area contributed by atoms with E-state index < -0.39 is 0 Å². The van der Waals surface area contributed by atoms with Gasteiger partial charge in [-0.1, -0.05) is 6.92 Å². The second-order valence-corrected chi connectivity index (χ2v) is 4.25. The molecule has 0 aromatic carbocycles. The van der Waals surface area contributed by atoms with Gasteiger partial charge in [-0.25, -0.2) is 0 Å². The van der Waals surface area contributed by atoms with Crippen molar-refractivity contribution in [2.45, 2.75) is 32.2 Å². The molecule has 1 aromatic rings. The Labute approximate surface area is 91.1 Å². The van der Waals surface area contributed by atoms with E-state index in [9.17, 15) is 4.79 Å². The zero-order chi connectivity index (χ0) is 11.5. The van der Waals surface area contributed by atoms with Crippen LogP contribution in [0.3, 0.4) is 0 Å². The van der Waals surface area contributed by atoms with E-state index in [1.807, 2.05) is 38.9 Å². The average molecular weight is 209 g/mol. The molecule has 3 heteroatoms. The molecule has 0 aliphatic rings. The van der Waals surface area contributed by atoms with Gasteiger partial charge in [0.15, 0.2) is 5.78 Å². The highest BCUT2D eigenvalue weighted by molar-refractivity contribution is 5.89. The summed E-state index contributed by atoms with van der Waals surface area (Å²) < 4.78 is 4.96. The lowest BCUT2D eigenvalue weighted by molar-refractivity contribution is -0.128. The number of hydrogen-bond acceptors (Lipinski definition) is 3. The Hall–Kier alpha value is -1.09. The topological polar surface area (TPSA) is 33.5 Å². The Balaban J connectivity index is 2.74. The Bertz CT molecular complexity index is 316. The molecule has 0 radical (unpaired) electrons. The van der Waals surface area contributed by atoms with E-state index >= 15 is 0 Å². The Morgan fingerprint density at radius 2 is 2.20 bits per heavy atom. The van der Waals surface area contributed by atoms with Crippen molar-refractivity contribution in [3.63, 3.8) is 0 Å². The summed E-state index contributed by atoms with van der Waals surface area (Å²) in [5, 5.41) is 0. The van der Waals surface area contributed by atoms with Gasteiger partial charge in [0.25, 0.3) is 0 Å². The molecule has 0 aliphatic heterocycles. The van der Waals surface area contributed by atoms with Gasteiger partial charge in [0.2, 0.25) is 0 Å². The smallest absolute Gasteiger partial charge is 0.157 e. The van der Waals surface area contributed by atoms with Gasteiger partial charge < -0.3 is 4.42 Å². The molecule has 0 spiro atoms. The molecule has 3 nitrogen and oxygen atoms in total. The standard InChI is InChI=1S/C12H19NO2/c1-5-12(2,13(3)4)11(14)8-10-6-7-15-9-10/h6-7,9H,5,8H2,1-4H3. The fraction of sp³-hybridized carbons (Fsp3) is 0.583. The highest BCUT2D eigenvalue weighted by Crippen LogP contribution is 2.19. The molecule has 0 bridgehead atoms. The summed E-state index contributed by atoms with van der Waals surface area (Å²) in [5.41, 5.74) is 0.568. The summed E-state index contributed by atoms with van der Waals surface area (Å²) >= 11 is 0. The van der Waals surface area contributed by atoms with E-state index in [0.29, 0.717) is 6.42 Å². The quantitative estimate of drug-likeness (QED) is 0.744. The fourth-order valence-corrected chi connectivity index (χ4v) is 1.53. The average Bonchev–Trinajstić information content (AvgIpc) is 2.68. The van der Waals surface area contributed by atoms with Gasteiger partial charge in [-0.15, -0.1) is 0 Å². The first-order valence-corrected chi connectivity index (χ1v) is 5.22. The van der Waals surface area contributed by atoms with Crippen molar-refractivity contribution in [1.29, 1.82) is 0 Å². The van der Waals surface area contributed by atoms with Crippen LogP contribution < -0.4 is 0 Å². The van der Waals surface area contributed by atoms with Crippen molar-refractivity contribution in [2.24, 2.45) is 0 Å². The third-order valence-electron chi connectivity index (χ3n) is 3.22. The zero-order valence-electron chi connectivity index (χ0n) is 9.91. The molecule has 0 saturated carbocycles. The van der Waals surface area contributed by atoms with Crippen LogP contribution in [0.4, 0.5) is 0 Å². The van der Waals surface area contributed by atoms with Crippen LogP contribution in [0.5, 0.6) is 0 Å². The number of Topliss-reactive ketones (excluding diaryl/α,β-unsaturated/α-hetero) is 1. The summed E-state index contributed by atoms with van der Waals surface area (Å²) in [4.78, 5) is 14.1. The molecular formula is C12H19NO2. The van der Waals surface area contributed by atoms with E-state index in [1.165, 1.54) is 0 Å². The predicted octanol–water partition coefficient (Wildman–Crippen LogP) is 2.12. The lowest BCUT2D eigenvalue weighted by Gasteiger charge is -2.33. The van der Waals surface area contributed by atoms with Crippen molar-refractivity contribution < 1.29 is 9.21 Å². The van der Waals surface area contributed by atoms with E-state index in [0.717, 1.165) is 12.0 Å². The first-order chi connectivity index (χ1) is 7.00. The third-order valence-corrected chi connectivity index (χ3v) is 3.22. The summed E-state index contributed by atoms with van der Waals surface area (Å²) in [5.74, 6) is 0.233. The Kier molecular flexibility index (Phi) is 3.69. The van der Waals surface area contributed by atoms with Gasteiger partial charge in [-0.2, -0.15) is 0 Å². The molecule has 0 saturated heterocycles. The van der Waals surface area contributed by atoms with Crippen LogP contribution in [0.1, 0.15) is 25.8 Å². The molecular weight excluding hydrogens is 190 g/mol. The van der Waals surface area contributed by atoms with Gasteiger partial charge >= 0.3 is 0 Å². The molecule has 84 valence electrons. The summed E-state index contributed by atoms with van der Waals surface area (Å²) in [6.07, 6.45) is 4.49. The van der Waals surface area contributed by atoms with Crippen LogP contribution in [0.2, 0.25) is 0 Å². The van der Waals surface area contributed by atoms with Gasteiger partial charge in [0, 0.05) is 6.42 Å². The SMILES string of the molecule is CCC(C)(C(=O)Cc1ccoc1)N(C)C. The van der Waals surface area contributed by atoms with Gasteiger partial charge in [0.05, 0.1) is 18.1 Å². The van der Waals surface area contributed by atoms with Crippen molar-refractivity contribution in [3.8, 4) is 0 Å². The molecule has 0 fully saturated rings. The second kappa shape index (κ2) is 4.62. The largest absolute Gasteiger partial charge is 0.472 e. The van der Waals surface area contributed by atoms with E-state index in [2.05, 4.69) is 0 Å². The minimum absolute atomic E-state index is 0.233. The number of furan rings is 1. The summed E-state index contributed by atoms with van der Waals surface area (Å²) in [7, 11) is 3.88. The number of ketones is 1. The minimum Gasteiger partial charge on any atom is -0.472 e. The molecule has 15 heavy (non-hydrogen) atoms. The Morgan fingerprint density at radius 1 is 1.53 bits per heavy atom. The van der Waals surface area contributed by atoms with E-state index in [1.54, 1.807) is 12.5 Å². The van der Waals surface area contributed by atoms with Gasteiger partial charge in [-0.05, 0) is 39.1 Å². The lowest BCUT2D eigenvalue weighted by Crippen LogP contribution is -2.48. The van der Waals surface area contributed by atoms with Gasteiger partial charge in [-0.3, -0.25) is 9.69 Å². The molecule has 0 amide bonds. The molecule has 0 N–H and O–H groups in total. The predicted molar refractivity (Wildman–Crippen MR) is 59.8 cm³/mol. The fourth-order valence-electron chi connectivity index (χ4n) is 1.53. The van der Waals surface area contributed by atoms with Crippen molar-refractivity contribution in [2.75, 3.05) is 14.1 Å². The summed E-state index contributed by atoms with van der Waals surface area (Å²) in [6, 6.07) is 1.84. The third kappa shape index (κ3) is 2.48. The van der Waals surface area contributed by atoms with Crippen LogP contribution >= 0.6 is 0 Å². The van der Waals surface area contributed by atoms with Crippen LogP contribution in [0.25, 0.3) is 0 Å². The van der Waals surface area contributed by atoms with Crippen LogP contribution in [0, 0.1) is 0 Å². The van der Waals surface area contributed by atoms with Crippen molar-refractivity contribution in [1.82, 2.24) is 4.90 Å². The highest BCUT2D eigenvalue weighted by atomic mass is 16.3. The van der Waals surface area contributed by atoms with Crippen molar-refractivity contribution in [3.05, 3.63) is 24.2 Å². The minimum atomic E-state index is -0.378. The molecule has 1 unspecified atom stereocenters. The maximum atomic E-state index is 12.1. The number of hydrogen-bond donors (Lipinski definition) is 0. The maximum Gasteiger partial charge on any atom is 0.157 e. The van der Waals surface area contributed by atoms with Crippen molar-refractivity contribution >= 4 is 5.78 Å². The first kappa shape index (κ1) is 12.0. The normalized spacial score (nSPS) is 15.3.